The van der Waals surface area contributed by atoms with Crippen molar-refractivity contribution in [3.8, 4) is 0 Å². The molecule has 1 saturated heterocycles. The number of rotatable bonds is 4. The van der Waals surface area contributed by atoms with Crippen LogP contribution in [0.15, 0.2) is 22.7 Å². The number of hydrogen-bond donors (Lipinski definition) is 2. The van der Waals surface area contributed by atoms with Crippen LogP contribution in [0.25, 0.3) is 0 Å². The van der Waals surface area contributed by atoms with Gasteiger partial charge in [-0.25, -0.2) is 0 Å². The molecule has 104 valence electrons. The number of likely N-dealkylation sites (tertiary alicyclic amines) is 1. The van der Waals surface area contributed by atoms with Crippen molar-refractivity contribution in [3.63, 3.8) is 0 Å². The molecule has 0 aromatic heterocycles. The molecular formula is C14H21BrN4. The molecule has 1 aromatic carbocycles. The number of nitrogens with zero attached hydrogens (tertiary/aromatic N) is 2. The molecule has 19 heavy (non-hydrogen) atoms. The van der Waals surface area contributed by atoms with Crippen LogP contribution in [-0.2, 0) is 0 Å². The van der Waals surface area contributed by atoms with E-state index in [1.807, 2.05) is 18.2 Å². The Morgan fingerprint density at radius 2 is 2.32 bits per heavy atom. The van der Waals surface area contributed by atoms with Crippen molar-refractivity contribution in [1.29, 1.82) is 5.41 Å². The summed E-state index contributed by atoms with van der Waals surface area (Å²) in [5.41, 5.74) is 7.51. The Bertz CT molecular complexity index is 475. The molecule has 5 heteroatoms. The maximum Gasteiger partial charge on any atom is 0.124 e. The van der Waals surface area contributed by atoms with E-state index in [4.69, 9.17) is 11.1 Å². The quantitative estimate of drug-likeness (QED) is 0.659. The van der Waals surface area contributed by atoms with E-state index in [2.05, 4.69) is 39.8 Å². The van der Waals surface area contributed by atoms with Crippen molar-refractivity contribution in [2.45, 2.75) is 6.42 Å². The molecule has 1 unspecified atom stereocenters. The predicted octanol–water partition coefficient (Wildman–Crippen LogP) is 2.12. The van der Waals surface area contributed by atoms with Crippen LogP contribution in [-0.4, -0.2) is 44.5 Å². The molecule has 0 aliphatic carbocycles. The van der Waals surface area contributed by atoms with E-state index in [0.29, 0.717) is 5.92 Å². The Morgan fingerprint density at radius 3 is 2.89 bits per heavy atom. The summed E-state index contributed by atoms with van der Waals surface area (Å²) in [5.74, 6) is 0.810. The topological polar surface area (TPSA) is 56.4 Å². The van der Waals surface area contributed by atoms with Crippen LogP contribution < -0.4 is 10.6 Å². The molecule has 0 spiro atoms. The molecule has 1 heterocycles. The zero-order valence-corrected chi connectivity index (χ0v) is 13.1. The van der Waals surface area contributed by atoms with Gasteiger partial charge in [0.15, 0.2) is 0 Å². The van der Waals surface area contributed by atoms with E-state index in [0.717, 1.165) is 28.8 Å². The summed E-state index contributed by atoms with van der Waals surface area (Å²) < 4.78 is 0.954. The lowest BCUT2D eigenvalue weighted by Gasteiger charge is -2.25. The highest BCUT2D eigenvalue weighted by Gasteiger charge is 2.22. The summed E-state index contributed by atoms with van der Waals surface area (Å²) in [6.45, 7) is 3.33. The highest BCUT2D eigenvalue weighted by atomic mass is 79.9. The Labute approximate surface area is 123 Å². The fraction of sp³-hybridized carbons (Fsp3) is 0.500. The minimum Gasteiger partial charge on any atom is -0.384 e. The summed E-state index contributed by atoms with van der Waals surface area (Å²) in [7, 11) is 4.24. The zero-order chi connectivity index (χ0) is 14.0. The van der Waals surface area contributed by atoms with Crippen LogP contribution in [0.3, 0.4) is 0 Å². The summed E-state index contributed by atoms with van der Waals surface area (Å²) in [5, 5.41) is 7.70. The average Bonchev–Trinajstić information content (AvgIpc) is 2.74. The third-order valence-corrected chi connectivity index (χ3v) is 4.17. The Kier molecular flexibility index (Phi) is 4.47. The van der Waals surface area contributed by atoms with Crippen LogP contribution in [0.1, 0.15) is 12.0 Å². The first kappa shape index (κ1) is 14.3. The SMILES string of the molecule is CN1CCC(CN(C)c2ccc(Br)cc2C(=N)N)C1. The molecule has 1 aromatic rings. The van der Waals surface area contributed by atoms with E-state index < -0.39 is 0 Å². The summed E-state index contributed by atoms with van der Waals surface area (Å²) in [4.78, 5) is 4.58. The van der Waals surface area contributed by atoms with Crippen LogP contribution in [0.2, 0.25) is 0 Å². The number of benzene rings is 1. The van der Waals surface area contributed by atoms with E-state index >= 15 is 0 Å². The van der Waals surface area contributed by atoms with Crippen LogP contribution >= 0.6 is 15.9 Å². The normalized spacial score (nSPS) is 19.6. The van der Waals surface area contributed by atoms with Gasteiger partial charge in [0.05, 0.1) is 0 Å². The molecule has 1 aliphatic heterocycles. The van der Waals surface area contributed by atoms with Gasteiger partial charge in [-0.15, -0.1) is 0 Å². The highest BCUT2D eigenvalue weighted by molar-refractivity contribution is 9.10. The van der Waals surface area contributed by atoms with Crippen molar-refractivity contribution in [2.24, 2.45) is 11.7 Å². The maximum atomic E-state index is 7.70. The largest absolute Gasteiger partial charge is 0.384 e. The Balaban J connectivity index is 2.14. The molecule has 0 bridgehead atoms. The second-order valence-electron chi connectivity index (χ2n) is 5.37. The number of halogens is 1. The van der Waals surface area contributed by atoms with E-state index in [1.54, 1.807) is 0 Å². The third-order valence-electron chi connectivity index (χ3n) is 3.68. The van der Waals surface area contributed by atoms with Crippen molar-refractivity contribution in [3.05, 3.63) is 28.2 Å². The van der Waals surface area contributed by atoms with Crippen molar-refractivity contribution < 1.29 is 0 Å². The molecule has 2 rings (SSSR count). The summed E-state index contributed by atoms with van der Waals surface area (Å²) >= 11 is 3.43. The van der Waals surface area contributed by atoms with Crippen LogP contribution in [0, 0.1) is 11.3 Å². The lowest BCUT2D eigenvalue weighted by molar-refractivity contribution is 0.396. The van der Waals surface area contributed by atoms with Gasteiger partial charge in [0.1, 0.15) is 5.84 Å². The molecule has 1 fully saturated rings. The first-order valence-electron chi connectivity index (χ1n) is 6.51. The monoisotopic (exact) mass is 324 g/mol. The van der Waals surface area contributed by atoms with Gasteiger partial charge >= 0.3 is 0 Å². The number of nitrogens with two attached hydrogens (primary N) is 1. The number of amidine groups is 1. The summed E-state index contributed by atoms with van der Waals surface area (Å²) in [6, 6.07) is 5.94. The fourth-order valence-corrected chi connectivity index (χ4v) is 3.08. The molecule has 3 N–H and O–H groups in total. The van der Waals surface area contributed by atoms with Crippen LogP contribution in [0.4, 0.5) is 5.69 Å². The zero-order valence-electron chi connectivity index (χ0n) is 11.5. The fourth-order valence-electron chi connectivity index (χ4n) is 2.72. The number of anilines is 1. The number of nitrogens with one attached hydrogen (secondary N) is 1. The first-order valence-corrected chi connectivity index (χ1v) is 7.30. The lowest BCUT2D eigenvalue weighted by atomic mass is 10.1. The first-order chi connectivity index (χ1) is 8.97. The smallest absolute Gasteiger partial charge is 0.124 e. The van der Waals surface area contributed by atoms with Crippen molar-refractivity contribution >= 4 is 27.5 Å². The van der Waals surface area contributed by atoms with Gasteiger partial charge in [-0.3, -0.25) is 5.41 Å². The lowest BCUT2D eigenvalue weighted by Crippen LogP contribution is -2.29. The molecule has 0 saturated carbocycles. The average molecular weight is 325 g/mol. The molecule has 1 aliphatic rings. The molecule has 4 nitrogen and oxygen atoms in total. The molecular weight excluding hydrogens is 304 g/mol. The number of nitrogen functional groups attached to an aromatic ring is 1. The van der Waals surface area contributed by atoms with Gasteiger partial charge < -0.3 is 15.5 Å². The highest BCUT2D eigenvalue weighted by Crippen LogP contribution is 2.25. The van der Waals surface area contributed by atoms with Gasteiger partial charge in [-0.2, -0.15) is 0 Å². The van der Waals surface area contributed by atoms with Gasteiger partial charge in [-0.1, -0.05) is 15.9 Å². The minimum atomic E-state index is 0.117. The van der Waals surface area contributed by atoms with Gasteiger partial charge in [0, 0.05) is 35.9 Å². The van der Waals surface area contributed by atoms with E-state index in [-0.39, 0.29) is 5.84 Å². The Hall–Kier alpha value is -1.07. The molecule has 1 atom stereocenters. The number of hydrogen-bond acceptors (Lipinski definition) is 3. The second kappa shape index (κ2) is 5.92. The van der Waals surface area contributed by atoms with Crippen molar-refractivity contribution in [1.82, 2.24) is 4.90 Å². The molecule has 0 amide bonds. The van der Waals surface area contributed by atoms with Gasteiger partial charge in [0.2, 0.25) is 0 Å². The second-order valence-corrected chi connectivity index (χ2v) is 6.29. The van der Waals surface area contributed by atoms with Crippen LogP contribution in [0.5, 0.6) is 0 Å². The predicted molar refractivity (Wildman–Crippen MR) is 84.0 cm³/mol. The van der Waals surface area contributed by atoms with Crippen molar-refractivity contribution in [2.75, 3.05) is 38.6 Å². The maximum absolute atomic E-state index is 7.70. The Morgan fingerprint density at radius 1 is 1.58 bits per heavy atom. The van der Waals surface area contributed by atoms with E-state index in [9.17, 15) is 0 Å². The van der Waals surface area contributed by atoms with Gasteiger partial charge in [-0.05, 0) is 44.1 Å². The standard InChI is InChI=1S/C14H21BrN4/c1-18-6-5-10(8-18)9-19(2)13-4-3-11(15)7-12(13)14(16)17/h3-4,7,10H,5-6,8-9H2,1-2H3,(H3,16,17). The van der Waals surface area contributed by atoms with Gasteiger partial charge in [0.25, 0.3) is 0 Å². The minimum absolute atomic E-state index is 0.117. The summed E-state index contributed by atoms with van der Waals surface area (Å²) in [6.07, 6.45) is 1.24. The molecule has 0 radical (unpaired) electrons. The van der Waals surface area contributed by atoms with E-state index in [1.165, 1.54) is 13.0 Å². The third kappa shape index (κ3) is 3.48.